The smallest absolute Gasteiger partial charge is 0.155 e. The van der Waals surface area contributed by atoms with E-state index in [-0.39, 0.29) is 17.2 Å². The van der Waals surface area contributed by atoms with Gasteiger partial charge in [0.1, 0.15) is 5.84 Å². The predicted molar refractivity (Wildman–Crippen MR) is 205 cm³/mol. The van der Waals surface area contributed by atoms with Gasteiger partial charge in [-0.05, 0) is 87.7 Å². The summed E-state index contributed by atoms with van der Waals surface area (Å²) < 4.78 is 0. The van der Waals surface area contributed by atoms with Gasteiger partial charge in [0.05, 0.1) is 6.17 Å². The zero-order valence-corrected chi connectivity index (χ0v) is 29.2. The van der Waals surface area contributed by atoms with Gasteiger partial charge in [0.2, 0.25) is 0 Å². The molecule has 3 nitrogen and oxygen atoms in total. The Balaban J connectivity index is 1.10. The van der Waals surface area contributed by atoms with Crippen LogP contribution >= 0.6 is 0 Å². The topological polar surface area (TPSA) is 18.6 Å². The SMILES string of the molecule is CC1C=CC(c2ccccc2)CC1C1N(C)C(c2ccc3c(c2)C2(CCCC2)c2ccccc2-3)=NC2(c3cccc(-c4ccccc4)c3)C[N@]12. The van der Waals surface area contributed by atoms with Crippen molar-refractivity contribution in [2.45, 2.75) is 62.2 Å². The van der Waals surface area contributed by atoms with Crippen LogP contribution < -0.4 is 0 Å². The summed E-state index contributed by atoms with van der Waals surface area (Å²) >= 11 is 0. The minimum atomic E-state index is -0.368. The first-order valence-corrected chi connectivity index (χ1v) is 18.8. The van der Waals surface area contributed by atoms with Crippen LogP contribution in [-0.2, 0) is 11.1 Å². The summed E-state index contributed by atoms with van der Waals surface area (Å²) in [5, 5.41) is 0. The lowest BCUT2D eigenvalue weighted by Gasteiger charge is -2.46. The molecule has 5 aliphatic rings. The van der Waals surface area contributed by atoms with E-state index in [1.807, 2.05) is 0 Å². The molecule has 1 spiro atoms. The fourth-order valence-corrected chi connectivity index (χ4v) is 10.4. The number of fused-ring (bicyclic) bond motifs is 6. The Labute approximate surface area is 297 Å². The predicted octanol–water partition coefficient (Wildman–Crippen LogP) is 10.4. The van der Waals surface area contributed by atoms with E-state index >= 15 is 0 Å². The minimum absolute atomic E-state index is 0.133. The van der Waals surface area contributed by atoms with Gasteiger partial charge in [-0.25, -0.2) is 9.89 Å². The number of aliphatic imine (C=N–C) groups is 1. The van der Waals surface area contributed by atoms with Gasteiger partial charge in [0, 0.05) is 30.5 Å². The Morgan fingerprint density at radius 2 is 1.38 bits per heavy atom. The molecule has 1 saturated heterocycles. The van der Waals surface area contributed by atoms with Gasteiger partial charge in [0.25, 0.3) is 0 Å². The van der Waals surface area contributed by atoms with E-state index in [2.05, 4.69) is 163 Å². The maximum atomic E-state index is 5.83. The number of benzene rings is 5. The molecule has 6 atom stereocenters. The first kappa shape index (κ1) is 30.1. The van der Waals surface area contributed by atoms with Crippen molar-refractivity contribution < 1.29 is 0 Å². The number of rotatable bonds is 5. The molecular formula is C47H45N3. The highest BCUT2D eigenvalue weighted by molar-refractivity contribution is 6.01. The van der Waals surface area contributed by atoms with E-state index in [9.17, 15) is 0 Å². The molecule has 10 rings (SSSR count). The number of hydrogen-bond donors (Lipinski definition) is 0. The van der Waals surface area contributed by atoms with Gasteiger partial charge in [-0.2, -0.15) is 0 Å². The van der Waals surface area contributed by atoms with E-state index in [0.717, 1.165) is 18.8 Å². The van der Waals surface area contributed by atoms with Gasteiger partial charge in [-0.15, -0.1) is 0 Å². The summed E-state index contributed by atoms with van der Waals surface area (Å²) in [6.45, 7) is 3.37. The van der Waals surface area contributed by atoms with Gasteiger partial charge < -0.3 is 4.90 Å². The molecule has 5 unspecified atom stereocenters. The Hall–Kier alpha value is -4.73. The van der Waals surface area contributed by atoms with Crippen LogP contribution in [0, 0.1) is 11.8 Å². The normalized spacial score (nSPS) is 28.6. The van der Waals surface area contributed by atoms with E-state index < -0.39 is 0 Å². The lowest BCUT2D eigenvalue weighted by Crippen LogP contribution is -2.54. The minimum Gasteiger partial charge on any atom is -0.343 e. The Morgan fingerprint density at radius 3 is 2.20 bits per heavy atom. The molecule has 0 radical (unpaired) electrons. The fourth-order valence-electron chi connectivity index (χ4n) is 10.4. The van der Waals surface area contributed by atoms with Crippen molar-refractivity contribution in [1.82, 2.24) is 9.80 Å². The number of amidine groups is 1. The molecule has 3 heteroatoms. The van der Waals surface area contributed by atoms with Crippen molar-refractivity contribution >= 4 is 5.84 Å². The van der Waals surface area contributed by atoms with Crippen LogP contribution in [0.2, 0.25) is 0 Å². The molecule has 2 heterocycles. The summed E-state index contributed by atoms with van der Waals surface area (Å²) in [5.41, 5.74) is 12.2. The van der Waals surface area contributed by atoms with Crippen molar-refractivity contribution in [3.63, 3.8) is 0 Å². The van der Waals surface area contributed by atoms with Crippen LogP contribution in [0.3, 0.4) is 0 Å². The van der Waals surface area contributed by atoms with Crippen molar-refractivity contribution in [2.75, 3.05) is 13.6 Å². The lowest BCUT2D eigenvalue weighted by atomic mass is 9.75. The Morgan fingerprint density at radius 1 is 0.660 bits per heavy atom. The van der Waals surface area contributed by atoms with Crippen LogP contribution in [0.4, 0.5) is 0 Å². The van der Waals surface area contributed by atoms with Crippen molar-refractivity contribution in [1.29, 1.82) is 0 Å². The average Bonchev–Trinajstić information content (AvgIpc) is 3.58. The van der Waals surface area contributed by atoms with Crippen LogP contribution in [0.15, 0.2) is 145 Å². The van der Waals surface area contributed by atoms with E-state index in [1.54, 1.807) is 5.56 Å². The average molecular weight is 652 g/mol. The second kappa shape index (κ2) is 11.4. The maximum Gasteiger partial charge on any atom is 0.155 e. The van der Waals surface area contributed by atoms with E-state index in [4.69, 9.17) is 4.99 Å². The van der Waals surface area contributed by atoms with Crippen LogP contribution in [0.1, 0.15) is 72.8 Å². The largest absolute Gasteiger partial charge is 0.343 e. The highest BCUT2D eigenvalue weighted by Gasteiger charge is 2.63. The van der Waals surface area contributed by atoms with Crippen molar-refractivity contribution in [2.24, 2.45) is 16.8 Å². The molecule has 2 fully saturated rings. The second-order valence-corrected chi connectivity index (χ2v) is 15.6. The number of allylic oxidation sites excluding steroid dienone is 2. The first-order chi connectivity index (χ1) is 24.6. The molecule has 0 N–H and O–H groups in total. The Kier molecular flexibility index (Phi) is 6.87. The molecular weight excluding hydrogens is 607 g/mol. The standard InChI is InChI=1S/C47H45N3/c1-32-22-23-36(34-16-7-4-8-17-34)29-41(32)45-49(2)44(48-47(31-50(45)47)38-19-13-18-35(28-38)33-14-5-3-6-15-33)37-24-25-40-39-20-9-10-21-42(39)46(43(40)30-37)26-11-12-27-46/h3-10,13-25,28,30,32,36,41,45H,11-12,26-27,29,31H2,1-2H3/t32?,36?,41?,45?,47?,50-/m1/s1. The molecule has 5 aromatic rings. The fraction of sp³-hybridized carbons (Fsp3) is 0.298. The molecule has 3 aliphatic carbocycles. The van der Waals surface area contributed by atoms with Crippen LogP contribution in [0.25, 0.3) is 22.3 Å². The van der Waals surface area contributed by atoms with Gasteiger partial charge in [-0.1, -0.05) is 147 Å². The van der Waals surface area contributed by atoms with Crippen molar-refractivity contribution in [3.05, 3.63) is 167 Å². The monoisotopic (exact) mass is 651 g/mol. The summed E-state index contributed by atoms with van der Waals surface area (Å²) in [6.07, 6.45) is 11.4. The summed E-state index contributed by atoms with van der Waals surface area (Å²) in [6, 6.07) is 47.7. The summed E-state index contributed by atoms with van der Waals surface area (Å²) in [4.78, 5) is 11.1. The molecule has 0 aromatic heterocycles. The van der Waals surface area contributed by atoms with Crippen LogP contribution in [-0.4, -0.2) is 35.4 Å². The molecule has 0 bridgehead atoms. The van der Waals surface area contributed by atoms with Gasteiger partial charge >= 0.3 is 0 Å². The molecule has 2 aliphatic heterocycles. The Bertz CT molecular complexity index is 2140. The molecule has 5 aromatic carbocycles. The second-order valence-electron chi connectivity index (χ2n) is 15.6. The van der Waals surface area contributed by atoms with Gasteiger partial charge in [0.15, 0.2) is 5.66 Å². The third-order valence-electron chi connectivity index (χ3n) is 13.0. The first-order valence-electron chi connectivity index (χ1n) is 18.8. The number of nitrogens with zero attached hydrogens (tertiary/aromatic N) is 3. The lowest BCUT2D eigenvalue weighted by molar-refractivity contribution is 0.0758. The van der Waals surface area contributed by atoms with E-state index in [0.29, 0.717) is 17.8 Å². The van der Waals surface area contributed by atoms with Gasteiger partial charge in [-0.3, -0.25) is 0 Å². The molecule has 50 heavy (non-hydrogen) atoms. The molecule has 0 amide bonds. The third kappa shape index (κ3) is 4.49. The van der Waals surface area contributed by atoms with E-state index in [1.165, 1.54) is 70.2 Å². The van der Waals surface area contributed by atoms with Crippen molar-refractivity contribution in [3.8, 4) is 22.3 Å². The zero-order valence-electron chi connectivity index (χ0n) is 29.2. The summed E-state index contributed by atoms with van der Waals surface area (Å²) in [7, 11) is 2.32. The van der Waals surface area contributed by atoms with Crippen LogP contribution in [0.5, 0.6) is 0 Å². The highest BCUT2D eigenvalue weighted by Crippen LogP contribution is 2.58. The third-order valence-corrected chi connectivity index (χ3v) is 13.0. The molecule has 1 saturated carbocycles. The number of hydrogen-bond acceptors (Lipinski definition) is 3. The summed E-state index contributed by atoms with van der Waals surface area (Å²) in [5.74, 6) is 2.48. The quantitative estimate of drug-likeness (QED) is 0.139. The highest BCUT2D eigenvalue weighted by atomic mass is 15.6. The maximum absolute atomic E-state index is 5.83. The molecule has 248 valence electrons. The zero-order chi connectivity index (χ0) is 33.5.